The molecule has 1 N–H and O–H groups in total. The van der Waals surface area contributed by atoms with E-state index >= 15 is 0 Å². The maximum Gasteiger partial charge on any atom is 0.0327 e. The Kier molecular flexibility index (Phi) is 3.86. The van der Waals surface area contributed by atoms with E-state index in [2.05, 4.69) is 46.5 Å². The molecule has 1 aliphatic rings. The molecule has 3 atom stereocenters. The zero-order valence-corrected chi connectivity index (χ0v) is 11.7. The SMILES string of the molecule is CC1CCC(NCc2sccc2Br)C1C. The fraction of sp³-hybridized carbons (Fsp3) is 0.667. The van der Waals surface area contributed by atoms with Crippen LogP contribution in [0.2, 0.25) is 0 Å². The van der Waals surface area contributed by atoms with E-state index < -0.39 is 0 Å². The summed E-state index contributed by atoms with van der Waals surface area (Å²) in [5, 5.41) is 5.83. The highest BCUT2D eigenvalue weighted by atomic mass is 79.9. The first-order valence-corrected chi connectivity index (χ1v) is 7.31. The summed E-state index contributed by atoms with van der Waals surface area (Å²) in [5.41, 5.74) is 0. The molecule has 0 aromatic carbocycles. The van der Waals surface area contributed by atoms with Crippen LogP contribution in [0.15, 0.2) is 15.9 Å². The molecule has 15 heavy (non-hydrogen) atoms. The maximum absolute atomic E-state index is 3.69. The number of hydrogen-bond donors (Lipinski definition) is 1. The molecule has 84 valence electrons. The molecule has 0 bridgehead atoms. The molecular weight excluding hydrogens is 270 g/mol. The van der Waals surface area contributed by atoms with E-state index in [9.17, 15) is 0 Å². The molecule has 0 aliphatic heterocycles. The summed E-state index contributed by atoms with van der Waals surface area (Å²) in [6.45, 7) is 5.76. The monoisotopic (exact) mass is 287 g/mol. The van der Waals surface area contributed by atoms with E-state index in [-0.39, 0.29) is 0 Å². The minimum atomic E-state index is 0.717. The van der Waals surface area contributed by atoms with Crippen molar-refractivity contribution >= 4 is 27.3 Å². The molecule has 3 unspecified atom stereocenters. The molecule has 1 saturated carbocycles. The van der Waals surface area contributed by atoms with Gasteiger partial charge in [-0.3, -0.25) is 0 Å². The molecule has 1 heterocycles. The lowest BCUT2D eigenvalue weighted by molar-refractivity contribution is 0.370. The van der Waals surface area contributed by atoms with Crippen LogP contribution in [-0.2, 0) is 6.54 Å². The second-order valence-electron chi connectivity index (χ2n) is 4.59. The van der Waals surface area contributed by atoms with E-state index in [4.69, 9.17) is 0 Å². The molecule has 1 aromatic heterocycles. The normalized spacial score (nSPS) is 31.0. The molecule has 0 radical (unpaired) electrons. The summed E-state index contributed by atoms with van der Waals surface area (Å²) >= 11 is 5.40. The van der Waals surface area contributed by atoms with Crippen molar-refractivity contribution in [3.63, 3.8) is 0 Å². The maximum atomic E-state index is 3.69. The largest absolute Gasteiger partial charge is 0.309 e. The molecule has 1 nitrogen and oxygen atoms in total. The van der Waals surface area contributed by atoms with Gasteiger partial charge >= 0.3 is 0 Å². The predicted molar refractivity (Wildman–Crippen MR) is 70.2 cm³/mol. The Labute approximate surface area is 104 Å². The van der Waals surface area contributed by atoms with Crippen molar-refractivity contribution in [2.45, 2.75) is 39.3 Å². The molecule has 2 rings (SSSR count). The number of rotatable bonds is 3. The Bertz CT molecular complexity index is 323. The average molecular weight is 288 g/mol. The van der Waals surface area contributed by atoms with Gasteiger partial charge in [0.25, 0.3) is 0 Å². The summed E-state index contributed by atoms with van der Waals surface area (Å²) in [6.07, 6.45) is 2.72. The van der Waals surface area contributed by atoms with E-state index in [1.165, 1.54) is 22.2 Å². The number of thiophene rings is 1. The lowest BCUT2D eigenvalue weighted by atomic mass is 9.98. The molecule has 1 fully saturated rings. The minimum absolute atomic E-state index is 0.717. The summed E-state index contributed by atoms with van der Waals surface area (Å²) in [4.78, 5) is 1.42. The van der Waals surface area contributed by atoms with Crippen LogP contribution in [0.1, 0.15) is 31.6 Å². The Morgan fingerprint density at radius 3 is 2.80 bits per heavy atom. The third-order valence-electron chi connectivity index (χ3n) is 3.68. The number of nitrogens with one attached hydrogen (secondary N) is 1. The van der Waals surface area contributed by atoms with Crippen molar-refractivity contribution in [1.29, 1.82) is 0 Å². The van der Waals surface area contributed by atoms with Gasteiger partial charge in [-0.15, -0.1) is 11.3 Å². The van der Waals surface area contributed by atoms with Gasteiger partial charge in [-0.25, -0.2) is 0 Å². The zero-order valence-electron chi connectivity index (χ0n) is 9.29. The Morgan fingerprint density at radius 1 is 1.47 bits per heavy atom. The van der Waals surface area contributed by atoms with Crippen molar-refractivity contribution in [1.82, 2.24) is 5.32 Å². The van der Waals surface area contributed by atoms with Gasteiger partial charge in [0, 0.05) is 21.9 Å². The van der Waals surface area contributed by atoms with Gasteiger partial charge in [0.05, 0.1) is 0 Å². The smallest absolute Gasteiger partial charge is 0.0327 e. The standard InChI is InChI=1S/C12H18BrNS/c1-8-3-4-11(9(8)2)14-7-12-10(13)5-6-15-12/h5-6,8-9,11,14H,3-4,7H2,1-2H3. The van der Waals surface area contributed by atoms with Gasteiger partial charge in [-0.1, -0.05) is 13.8 Å². The van der Waals surface area contributed by atoms with Crippen molar-refractivity contribution in [2.24, 2.45) is 11.8 Å². The van der Waals surface area contributed by atoms with Crippen LogP contribution in [0.5, 0.6) is 0 Å². The lowest BCUT2D eigenvalue weighted by Crippen LogP contribution is -2.31. The van der Waals surface area contributed by atoms with Crippen LogP contribution >= 0.6 is 27.3 Å². The topological polar surface area (TPSA) is 12.0 Å². The second-order valence-corrected chi connectivity index (χ2v) is 6.45. The van der Waals surface area contributed by atoms with Crippen LogP contribution in [0, 0.1) is 11.8 Å². The third kappa shape index (κ3) is 2.63. The first kappa shape index (κ1) is 11.6. The van der Waals surface area contributed by atoms with Gasteiger partial charge in [-0.05, 0) is 52.1 Å². The van der Waals surface area contributed by atoms with Crippen LogP contribution < -0.4 is 5.32 Å². The third-order valence-corrected chi connectivity index (χ3v) is 5.61. The van der Waals surface area contributed by atoms with Crippen LogP contribution in [0.25, 0.3) is 0 Å². The van der Waals surface area contributed by atoms with Gasteiger partial charge in [0.2, 0.25) is 0 Å². The first-order chi connectivity index (χ1) is 7.18. The fourth-order valence-corrected chi connectivity index (χ4v) is 3.77. The summed E-state index contributed by atoms with van der Waals surface area (Å²) < 4.78 is 1.25. The van der Waals surface area contributed by atoms with Gasteiger partial charge in [0.1, 0.15) is 0 Å². The van der Waals surface area contributed by atoms with E-state index in [0.29, 0.717) is 6.04 Å². The molecule has 1 aliphatic carbocycles. The Hall–Kier alpha value is 0.140. The minimum Gasteiger partial charge on any atom is -0.309 e. The molecular formula is C12H18BrNS. The van der Waals surface area contributed by atoms with Crippen molar-refractivity contribution in [3.05, 3.63) is 20.8 Å². The summed E-state index contributed by atoms with van der Waals surface area (Å²) in [6, 6.07) is 2.84. The van der Waals surface area contributed by atoms with E-state index in [1.807, 2.05) is 11.3 Å². The van der Waals surface area contributed by atoms with Crippen LogP contribution in [0.4, 0.5) is 0 Å². The molecule has 0 amide bonds. The molecule has 3 heteroatoms. The highest BCUT2D eigenvalue weighted by Crippen LogP contribution is 2.31. The lowest BCUT2D eigenvalue weighted by Gasteiger charge is -2.19. The highest BCUT2D eigenvalue weighted by molar-refractivity contribution is 9.10. The summed E-state index contributed by atoms with van der Waals surface area (Å²) in [7, 11) is 0. The first-order valence-electron chi connectivity index (χ1n) is 5.63. The quantitative estimate of drug-likeness (QED) is 0.885. The number of hydrogen-bond acceptors (Lipinski definition) is 2. The number of halogens is 1. The second kappa shape index (κ2) is 4.98. The van der Waals surface area contributed by atoms with Crippen LogP contribution in [0.3, 0.4) is 0 Å². The molecule has 1 aromatic rings. The van der Waals surface area contributed by atoms with Gasteiger partial charge in [0.15, 0.2) is 0 Å². The van der Waals surface area contributed by atoms with Gasteiger partial charge < -0.3 is 5.32 Å². The highest BCUT2D eigenvalue weighted by Gasteiger charge is 2.29. The van der Waals surface area contributed by atoms with Crippen molar-refractivity contribution in [2.75, 3.05) is 0 Å². The molecule has 0 spiro atoms. The van der Waals surface area contributed by atoms with Crippen molar-refractivity contribution < 1.29 is 0 Å². The molecule has 0 saturated heterocycles. The van der Waals surface area contributed by atoms with Gasteiger partial charge in [-0.2, -0.15) is 0 Å². The van der Waals surface area contributed by atoms with Crippen LogP contribution in [-0.4, -0.2) is 6.04 Å². The summed E-state index contributed by atoms with van der Waals surface area (Å²) in [5.74, 6) is 1.71. The van der Waals surface area contributed by atoms with E-state index in [0.717, 1.165) is 18.4 Å². The fourth-order valence-electron chi connectivity index (χ4n) is 2.33. The van der Waals surface area contributed by atoms with Crippen molar-refractivity contribution in [3.8, 4) is 0 Å². The average Bonchev–Trinajstić information content (AvgIpc) is 2.74. The van der Waals surface area contributed by atoms with E-state index in [1.54, 1.807) is 0 Å². The predicted octanol–water partition coefficient (Wildman–Crippen LogP) is 4.03. The Balaban J connectivity index is 1.86. The Morgan fingerprint density at radius 2 is 2.27 bits per heavy atom. The zero-order chi connectivity index (χ0) is 10.8.